The molecule has 4 nitrogen and oxygen atoms in total. The first kappa shape index (κ1) is 19.4. The molecular weight excluding hydrogens is 359 g/mol. The Bertz CT molecular complexity index is 790. The molecule has 0 N–H and O–H groups in total. The van der Waals surface area contributed by atoms with Crippen LogP contribution in [0.3, 0.4) is 0 Å². The summed E-state index contributed by atoms with van der Waals surface area (Å²) in [5.74, 6) is 1.64. The monoisotopic (exact) mass is 381 g/mol. The lowest BCUT2D eigenvalue weighted by Crippen LogP contribution is -2.26. The topological polar surface area (TPSA) is 30.9 Å². The number of benzene rings is 2. The van der Waals surface area contributed by atoms with Crippen molar-refractivity contribution in [3.63, 3.8) is 0 Å². The predicted molar refractivity (Wildman–Crippen MR) is 95.6 cm³/mol. The molecule has 0 radical (unpaired) electrons. The lowest BCUT2D eigenvalue weighted by atomic mass is 10.00. The molecule has 1 aliphatic rings. The molecule has 3 rings (SSSR count). The van der Waals surface area contributed by atoms with Crippen LogP contribution >= 0.6 is 0 Å². The minimum Gasteiger partial charge on any atom is -0.493 e. The van der Waals surface area contributed by atoms with E-state index in [1.54, 1.807) is 14.2 Å². The number of alkyl halides is 3. The van der Waals surface area contributed by atoms with E-state index >= 15 is 0 Å². The van der Waals surface area contributed by atoms with E-state index in [0.717, 1.165) is 36.2 Å². The van der Waals surface area contributed by atoms with Gasteiger partial charge in [0.1, 0.15) is 11.9 Å². The third-order valence-corrected chi connectivity index (χ3v) is 4.69. The van der Waals surface area contributed by atoms with Gasteiger partial charge in [-0.15, -0.1) is 0 Å². The van der Waals surface area contributed by atoms with Gasteiger partial charge in [0.25, 0.3) is 0 Å². The Morgan fingerprint density at radius 1 is 1.00 bits per heavy atom. The van der Waals surface area contributed by atoms with Crippen molar-refractivity contribution in [1.29, 1.82) is 0 Å². The number of ether oxygens (including phenoxy) is 3. The number of rotatable bonds is 4. The fourth-order valence-corrected chi connectivity index (χ4v) is 3.22. The molecule has 0 spiro atoms. The van der Waals surface area contributed by atoms with Crippen LogP contribution in [0.4, 0.5) is 13.2 Å². The molecule has 0 fully saturated rings. The molecule has 0 aliphatic carbocycles. The number of hydrogen-bond acceptors (Lipinski definition) is 4. The van der Waals surface area contributed by atoms with Gasteiger partial charge in [0, 0.05) is 18.7 Å². The molecule has 27 heavy (non-hydrogen) atoms. The smallest absolute Gasteiger partial charge is 0.416 e. The minimum absolute atomic E-state index is 0.330. The molecule has 7 heteroatoms. The highest BCUT2D eigenvalue weighted by Crippen LogP contribution is 2.37. The van der Waals surface area contributed by atoms with Gasteiger partial charge >= 0.3 is 6.18 Å². The minimum atomic E-state index is -4.36. The van der Waals surface area contributed by atoms with E-state index in [0.29, 0.717) is 23.8 Å². The Hall–Kier alpha value is -2.41. The standard InChI is InChI=1S/C20H22F3NO3/c1-24-9-8-13-10-17(25-2)18(26-3)11-16(13)19(12-24)27-15-6-4-14(5-7-15)20(21,22)23/h4-7,10-11,19H,8-9,12H2,1-3H3. The fourth-order valence-electron chi connectivity index (χ4n) is 3.22. The zero-order valence-electron chi connectivity index (χ0n) is 15.5. The highest BCUT2D eigenvalue weighted by atomic mass is 19.4. The first-order chi connectivity index (χ1) is 12.8. The summed E-state index contributed by atoms with van der Waals surface area (Å²) in [6, 6.07) is 8.61. The molecule has 1 atom stereocenters. The van der Waals surface area contributed by atoms with Crippen LogP contribution < -0.4 is 14.2 Å². The van der Waals surface area contributed by atoms with Crippen molar-refractivity contribution in [1.82, 2.24) is 4.90 Å². The molecule has 2 aromatic rings. The number of fused-ring (bicyclic) bond motifs is 1. The second-order valence-electron chi connectivity index (χ2n) is 6.55. The zero-order valence-corrected chi connectivity index (χ0v) is 15.5. The molecule has 0 saturated carbocycles. The van der Waals surface area contributed by atoms with Gasteiger partial charge in [-0.1, -0.05) is 0 Å². The van der Waals surface area contributed by atoms with Gasteiger partial charge in [-0.2, -0.15) is 13.2 Å². The van der Waals surface area contributed by atoms with Crippen LogP contribution in [0, 0.1) is 0 Å². The van der Waals surface area contributed by atoms with Crippen LogP contribution in [-0.2, 0) is 12.6 Å². The Morgan fingerprint density at radius 2 is 1.63 bits per heavy atom. The number of halogens is 3. The lowest BCUT2D eigenvalue weighted by molar-refractivity contribution is -0.137. The summed E-state index contributed by atoms with van der Waals surface area (Å²) in [6.45, 7) is 1.46. The molecule has 0 aromatic heterocycles. The van der Waals surface area contributed by atoms with Gasteiger partial charge < -0.3 is 19.1 Å². The van der Waals surface area contributed by atoms with Crippen LogP contribution in [0.1, 0.15) is 22.8 Å². The molecule has 146 valence electrons. The average Bonchev–Trinajstić information content (AvgIpc) is 2.79. The maximum atomic E-state index is 12.8. The fraction of sp³-hybridized carbons (Fsp3) is 0.400. The van der Waals surface area contributed by atoms with E-state index in [1.165, 1.54) is 12.1 Å². The van der Waals surface area contributed by atoms with E-state index in [-0.39, 0.29) is 6.10 Å². The van der Waals surface area contributed by atoms with Crippen molar-refractivity contribution in [2.75, 3.05) is 34.4 Å². The number of likely N-dealkylation sites (N-methyl/N-ethyl adjacent to an activating group) is 1. The molecule has 2 aromatic carbocycles. The SMILES string of the molecule is COc1cc2c(cc1OC)C(Oc1ccc(C(F)(F)F)cc1)CN(C)CC2. The molecule has 1 aliphatic heterocycles. The van der Waals surface area contributed by atoms with Gasteiger partial charge in [-0.3, -0.25) is 0 Å². The second-order valence-corrected chi connectivity index (χ2v) is 6.55. The number of nitrogens with zero attached hydrogens (tertiary/aromatic N) is 1. The summed E-state index contributed by atoms with van der Waals surface area (Å²) in [4.78, 5) is 2.13. The first-order valence-electron chi connectivity index (χ1n) is 8.59. The summed E-state index contributed by atoms with van der Waals surface area (Å²) in [5.41, 5.74) is 1.34. The Kier molecular flexibility index (Phi) is 5.51. The summed E-state index contributed by atoms with van der Waals surface area (Å²) in [5, 5.41) is 0. The van der Waals surface area contributed by atoms with E-state index in [9.17, 15) is 13.2 Å². The molecule has 0 bridgehead atoms. The quantitative estimate of drug-likeness (QED) is 0.789. The van der Waals surface area contributed by atoms with Crippen LogP contribution in [0.15, 0.2) is 36.4 Å². The van der Waals surface area contributed by atoms with Crippen molar-refractivity contribution in [2.45, 2.75) is 18.7 Å². The van der Waals surface area contributed by atoms with E-state index in [4.69, 9.17) is 14.2 Å². The molecule has 1 unspecified atom stereocenters. The summed E-state index contributed by atoms with van der Waals surface area (Å²) < 4.78 is 55.1. The molecule has 0 amide bonds. The van der Waals surface area contributed by atoms with Crippen LogP contribution in [0.5, 0.6) is 17.2 Å². The predicted octanol–water partition coefficient (Wildman–Crippen LogP) is 4.33. The van der Waals surface area contributed by atoms with Crippen LogP contribution in [0.25, 0.3) is 0 Å². The van der Waals surface area contributed by atoms with E-state index < -0.39 is 11.7 Å². The normalized spacial score (nSPS) is 17.8. The maximum Gasteiger partial charge on any atom is 0.416 e. The van der Waals surface area contributed by atoms with Crippen molar-refractivity contribution in [3.05, 3.63) is 53.1 Å². The van der Waals surface area contributed by atoms with E-state index in [2.05, 4.69) is 4.90 Å². The van der Waals surface area contributed by atoms with Crippen molar-refractivity contribution >= 4 is 0 Å². The van der Waals surface area contributed by atoms with Crippen molar-refractivity contribution in [3.8, 4) is 17.2 Å². The maximum absolute atomic E-state index is 12.8. The molecular formula is C20H22F3NO3. The Balaban J connectivity index is 1.93. The zero-order chi connectivity index (χ0) is 19.6. The Morgan fingerprint density at radius 3 is 2.22 bits per heavy atom. The third-order valence-electron chi connectivity index (χ3n) is 4.69. The van der Waals surface area contributed by atoms with Gasteiger partial charge in [0.2, 0.25) is 0 Å². The second kappa shape index (κ2) is 7.68. The van der Waals surface area contributed by atoms with Gasteiger partial charge in [0.15, 0.2) is 11.5 Å². The summed E-state index contributed by atoms with van der Waals surface area (Å²) in [6.07, 6.45) is -3.87. The van der Waals surface area contributed by atoms with Crippen LogP contribution in [0.2, 0.25) is 0 Å². The molecule has 0 saturated heterocycles. The number of methoxy groups -OCH3 is 2. The highest BCUT2D eigenvalue weighted by Gasteiger charge is 2.30. The van der Waals surface area contributed by atoms with Crippen molar-refractivity contribution in [2.24, 2.45) is 0 Å². The first-order valence-corrected chi connectivity index (χ1v) is 8.59. The summed E-state index contributed by atoms with van der Waals surface area (Å²) >= 11 is 0. The van der Waals surface area contributed by atoms with Gasteiger partial charge in [0.05, 0.1) is 19.8 Å². The van der Waals surface area contributed by atoms with E-state index in [1.807, 2.05) is 19.2 Å². The molecule has 1 heterocycles. The summed E-state index contributed by atoms with van der Waals surface area (Å²) in [7, 11) is 5.14. The van der Waals surface area contributed by atoms with Gasteiger partial charge in [-0.05, 0) is 55.4 Å². The highest BCUT2D eigenvalue weighted by molar-refractivity contribution is 5.49. The number of hydrogen-bond donors (Lipinski definition) is 0. The lowest BCUT2D eigenvalue weighted by Gasteiger charge is -2.24. The van der Waals surface area contributed by atoms with Gasteiger partial charge in [-0.25, -0.2) is 0 Å². The average molecular weight is 381 g/mol. The third kappa shape index (κ3) is 4.30. The van der Waals surface area contributed by atoms with Crippen molar-refractivity contribution < 1.29 is 27.4 Å². The largest absolute Gasteiger partial charge is 0.493 e. The Labute approximate surface area is 156 Å². The van der Waals surface area contributed by atoms with Crippen LogP contribution in [-0.4, -0.2) is 39.3 Å².